The summed E-state index contributed by atoms with van der Waals surface area (Å²) in [4.78, 5) is 0. The van der Waals surface area contributed by atoms with Crippen molar-refractivity contribution in [2.45, 2.75) is 38.7 Å². The first-order chi connectivity index (χ1) is 5.77. The Bertz CT molecular complexity index is 126. The lowest BCUT2D eigenvalue weighted by Gasteiger charge is -2.04. The third-order valence-electron chi connectivity index (χ3n) is 1.65. The molecule has 0 bridgehead atoms. The van der Waals surface area contributed by atoms with E-state index in [2.05, 4.69) is 11.2 Å². The summed E-state index contributed by atoms with van der Waals surface area (Å²) < 4.78 is 0. The molecule has 0 aliphatic carbocycles. The number of hydrogen-bond acceptors (Lipinski definition) is 2. The van der Waals surface area contributed by atoms with Gasteiger partial charge in [0, 0.05) is 6.42 Å². The van der Waals surface area contributed by atoms with Crippen LogP contribution in [0.5, 0.6) is 0 Å². The van der Waals surface area contributed by atoms with Gasteiger partial charge in [0.1, 0.15) is 0 Å². The largest absolute Gasteiger partial charge is 0.393 e. The zero-order valence-electron chi connectivity index (χ0n) is 7.84. The zero-order chi connectivity index (χ0) is 9.23. The van der Waals surface area contributed by atoms with Gasteiger partial charge in [0.25, 0.3) is 0 Å². The molecule has 1 atom stereocenters. The minimum atomic E-state index is -0.169. The van der Waals surface area contributed by atoms with Crippen molar-refractivity contribution >= 4 is 0 Å². The highest BCUT2D eigenvalue weighted by Crippen LogP contribution is 1.93. The Kier molecular flexibility index (Phi) is 8.20. The van der Waals surface area contributed by atoms with Crippen LogP contribution in [0.15, 0.2) is 0 Å². The summed E-state index contributed by atoms with van der Waals surface area (Å²) in [6.07, 6.45) is 8.74. The van der Waals surface area contributed by atoms with E-state index in [1.807, 2.05) is 6.92 Å². The molecular formula is C10H19NO. The van der Waals surface area contributed by atoms with E-state index in [1.54, 1.807) is 0 Å². The molecule has 0 spiro atoms. The highest BCUT2D eigenvalue weighted by atomic mass is 16.3. The molecule has 0 aromatic heterocycles. The quantitative estimate of drug-likeness (QED) is 0.442. The fourth-order valence-corrected chi connectivity index (χ4v) is 0.963. The van der Waals surface area contributed by atoms with Crippen molar-refractivity contribution < 1.29 is 5.11 Å². The predicted molar refractivity (Wildman–Crippen MR) is 51.9 cm³/mol. The van der Waals surface area contributed by atoms with Crippen LogP contribution < -0.4 is 5.32 Å². The summed E-state index contributed by atoms with van der Waals surface area (Å²) in [6.45, 7) is 3.79. The standard InChI is InChI=1S/C10H19NO/c1-3-4-5-8-11-9-6-7-10(2)12/h1,10-12H,4-9H2,2H3. The number of unbranched alkanes of at least 4 members (excludes halogenated alkanes) is 1. The van der Waals surface area contributed by atoms with Crippen LogP contribution in [0.1, 0.15) is 32.6 Å². The van der Waals surface area contributed by atoms with Gasteiger partial charge in [0.05, 0.1) is 6.10 Å². The van der Waals surface area contributed by atoms with Crippen molar-refractivity contribution in [1.29, 1.82) is 0 Å². The van der Waals surface area contributed by atoms with Crippen molar-refractivity contribution in [1.82, 2.24) is 5.32 Å². The third-order valence-corrected chi connectivity index (χ3v) is 1.65. The summed E-state index contributed by atoms with van der Waals surface area (Å²) in [5.74, 6) is 2.60. The molecule has 70 valence electrons. The van der Waals surface area contributed by atoms with Crippen molar-refractivity contribution in [2.75, 3.05) is 13.1 Å². The topological polar surface area (TPSA) is 32.3 Å². The van der Waals surface area contributed by atoms with Crippen LogP contribution in [0.3, 0.4) is 0 Å². The smallest absolute Gasteiger partial charge is 0.0512 e. The number of terminal acetylenes is 1. The first kappa shape index (κ1) is 11.5. The van der Waals surface area contributed by atoms with Gasteiger partial charge in [0.15, 0.2) is 0 Å². The Balaban J connectivity index is 2.87. The highest BCUT2D eigenvalue weighted by molar-refractivity contribution is 4.83. The lowest BCUT2D eigenvalue weighted by atomic mass is 10.2. The maximum Gasteiger partial charge on any atom is 0.0512 e. The summed E-state index contributed by atoms with van der Waals surface area (Å²) >= 11 is 0. The molecule has 0 aromatic rings. The van der Waals surface area contributed by atoms with Gasteiger partial charge in [-0.05, 0) is 39.3 Å². The Morgan fingerprint density at radius 3 is 2.67 bits per heavy atom. The van der Waals surface area contributed by atoms with Crippen LogP contribution in [0.4, 0.5) is 0 Å². The molecule has 0 fully saturated rings. The monoisotopic (exact) mass is 169 g/mol. The number of aliphatic hydroxyl groups is 1. The fraction of sp³-hybridized carbons (Fsp3) is 0.800. The molecule has 0 rings (SSSR count). The first-order valence-electron chi connectivity index (χ1n) is 4.59. The molecule has 1 unspecified atom stereocenters. The average Bonchev–Trinajstić information content (AvgIpc) is 2.02. The van der Waals surface area contributed by atoms with Gasteiger partial charge in [0.2, 0.25) is 0 Å². The van der Waals surface area contributed by atoms with Crippen LogP contribution in [0, 0.1) is 12.3 Å². The van der Waals surface area contributed by atoms with Crippen LogP contribution in [0.25, 0.3) is 0 Å². The Morgan fingerprint density at radius 1 is 1.42 bits per heavy atom. The molecule has 0 saturated heterocycles. The molecule has 0 aliphatic heterocycles. The zero-order valence-corrected chi connectivity index (χ0v) is 7.84. The van der Waals surface area contributed by atoms with Crippen LogP contribution in [-0.2, 0) is 0 Å². The van der Waals surface area contributed by atoms with Crippen molar-refractivity contribution in [3.05, 3.63) is 0 Å². The Hall–Kier alpha value is -0.520. The predicted octanol–water partition coefficient (Wildman–Crippen LogP) is 1.15. The van der Waals surface area contributed by atoms with Crippen LogP contribution in [-0.4, -0.2) is 24.3 Å². The molecule has 2 heteroatoms. The first-order valence-corrected chi connectivity index (χ1v) is 4.59. The molecule has 0 aliphatic rings. The summed E-state index contributed by atoms with van der Waals surface area (Å²) in [6, 6.07) is 0. The van der Waals surface area contributed by atoms with Gasteiger partial charge in [-0.15, -0.1) is 12.3 Å². The van der Waals surface area contributed by atoms with E-state index in [1.165, 1.54) is 0 Å². The molecule has 12 heavy (non-hydrogen) atoms. The lowest BCUT2D eigenvalue weighted by molar-refractivity contribution is 0.181. The van der Waals surface area contributed by atoms with Crippen molar-refractivity contribution in [2.24, 2.45) is 0 Å². The van der Waals surface area contributed by atoms with E-state index < -0.39 is 0 Å². The second-order valence-electron chi connectivity index (χ2n) is 3.05. The van der Waals surface area contributed by atoms with Crippen molar-refractivity contribution in [3.8, 4) is 12.3 Å². The average molecular weight is 169 g/mol. The number of hydrogen-bond donors (Lipinski definition) is 2. The summed E-state index contributed by atoms with van der Waals surface area (Å²) in [7, 11) is 0. The molecule has 0 heterocycles. The molecule has 0 radical (unpaired) electrons. The number of aliphatic hydroxyl groups excluding tert-OH is 1. The molecule has 0 aromatic carbocycles. The number of rotatable bonds is 7. The molecule has 0 saturated carbocycles. The van der Waals surface area contributed by atoms with Gasteiger partial charge in [-0.2, -0.15) is 0 Å². The van der Waals surface area contributed by atoms with E-state index in [0.29, 0.717) is 0 Å². The maximum atomic E-state index is 8.94. The van der Waals surface area contributed by atoms with Crippen LogP contribution >= 0.6 is 0 Å². The van der Waals surface area contributed by atoms with E-state index in [0.717, 1.165) is 38.8 Å². The number of nitrogens with one attached hydrogen (secondary N) is 1. The second-order valence-corrected chi connectivity index (χ2v) is 3.05. The normalized spacial score (nSPS) is 12.4. The summed E-state index contributed by atoms with van der Waals surface area (Å²) in [5.41, 5.74) is 0. The lowest BCUT2D eigenvalue weighted by Crippen LogP contribution is -2.17. The van der Waals surface area contributed by atoms with E-state index in [9.17, 15) is 0 Å². The van der Waals surface area contributed by atoms with E-state index >= 15 is 0 Å². The maximum absolute atomic E-state index is 8.94. The fourth-order valence-electron chi connectivity index (χ4n) is 0.963. The van der Waals surface area contributed by atoms with Crippen molar-refractivity contribution in [3.63, 3.8) is 0 Å². The Labute approximate surface area is 75.4 Å². The second kappa shape index (κ2) is 8.58. The third kappa shape index (κ3) is 9.48. The highest BCUT2D eigenvalue weighted by Gasteiger charge is 1.93. The van der Waals surface area contributed by atoms with E-state index in [-0.39, 0.29) is 6.10 Å². The van der Waals surface area contributed by atoms with Gasteiger partial charge in [-0.1, -0.05) is 0 Å². The molecular weight excluding hydrogens is 150 g/mol. The minimum absolute atomic E-state index is 0.169. The van der Waals surface area contributed by atoms with Gasteiger partial charge < -0.3 is 10.4 Å². The molecule has 0 amide bonds. The van der Waals surface area contributed by atoms with Gasteiger partial charge in [-0.25, -0.2) is 0 Å². The van der Waals surface area contributed by atoms with Crippen LogP contribution in [0.2, 0.25) is 0 Å². The summed E-state index contributed by atoms with van der Waals surface area (Å²) in [5, 5.41) is 12.2. The molecule has 2 nitrogen and oxygen atoms in total. The van der Waals surface area contributed by atoms with Gasteiger partial charge >= 0.3 is 0 Å². The van der Waals surface area contributed by atoms with Gasteiger partial charge in [-0.3, -0.25) is 0 Å². The van der Waals surface area contributed by atoms with E-state index in [4.69, 9.17) is 11.5 Å². The Morgan fingerprint density at radius 2 is 2.08 bits per heavy atom. The molecule has 2 N–H and O–H groups in total. The minimum Gasteiger partial charge on any atom is -0.393 e. The SMILES string of the molecule is C#CCCCNCCCC(C)O.